The number of hydrogen-bond acceptors (Lipinski definition) is 4. The number of nitrogens with zero attached hydrogens (tertiary/aromatic N) is 3. The highest BCUT2D eigenvalue weighted by Gasteiger charge is 2.38. The molecule has 0 saturated carbocycles. The van der Waals surface area contributed by atoms with Crippen LogP contribution in [-0.4, -0.2) is 77.5 Å². The van der Waals surface area contributed by atoms with Crippen molar-refractivity contribution in [2.24, 2.45) is 0 Å². The van der Waals surface area contributed by atoms with E-state index < -0.39 is 5.67 Å². The van der Waals surface area contributed by atoms with Gasteiger partial charge in [-0.25, -0.2) is 4.39 Å². The SMILES string of the molecule is Cc1cccc(C(=O)N2CCC(F)(CN3CCC(n4ccc5cc(NC(=O)CCNC=O)c(C)cc54)CC3)CC2)c1. The van der Waals surface area contributed by atoms with Crippen LogP contribution in [0.4, 0.5) is 10.1 Å². The number of carbonyl (C=O) groups is 3. The molecule has 218 valence electrons. The number of aromatic nitrogens is 1. The minimum Gasteiger partial charge on any atom is -0.358 e. The zero-order valence-electron chi connectivity index (χ0n) is 24.0. The molecule has 0 bridgehead atoms. The van der Waals surface area contributed by atoms with E-state index in [1.165, 1.54) is 0 Å². The molecule has 0 aliphatic carbocycles. The Kier molecular flexibility index (Phi) is 8.73. The van der Waals surface area contributed by atoms with Gasteiger partial charge in [-0.15, -0.1) is 0 Å². The van der Waals surface area contributed by atoms with Crippen LogP contribution in [0.2, 0.25) is 0 Å². The molecule has 41 heavy (non-hydrogen) atoms. The van der Waals surface area contributed by atoms with Crippen LogP contribution in [0.25, 0.3) is 10.9 Å². The van der Waals surface area contributed by atoms with Gasteiger partial charge in [0.15, 0.2) is 0 Å². The van der Waals surface area contributed by atoms with Crippen molar-refractivity contribution < 1.29 is 18.8 Å². The fraction of sp³-hybridized carbons (Fsp3) is 0.469. The van der Waals surface area contributed by atoms with Crippen LogP contribution >= 0.6 is 0 Å². The van der Waals surface area contributed by atoms with Gasteiger partial charge in [0.2, 0.25) is 12.3 Å². The number of benzene rings is 2. The number of nitrogens with one attached hydrogen (secondary N) is 2. The van der Waals surface area contributed by atoms with Gasteiger partial charge in [-0.05, 0) is 62.6 Å². The Bertz CT molecular complexity index is 1400. The van der Waals surface area contributed by atoms with Crippen molar-refractivity contribution in [1.29, 1.82) is 0 Å². The first kappa shape index (κ1) is 28.8. The topological polar surface area (TPSA) is 86.7 Å². The summed E-state index contributed by atoms with van der Waals surface area (Å²) >= 11 is 0. The summed E-state index contributed by atoms with van der Waals surface area (Å²) in [6, 6.07) is 14.1. The molecular formula is C32H40FN5O3. The van der Waals surface area contributed by atoms with Crippen LogP contribution in [0.15, 0.2) is 48.7 Å². The van der Waals surface area contributed by atoms with Gasteiger partial charge in [0, 0.05) is 92.9 Å². The summed E-state index contributed by atoms with van der Waals surface area (Å²) in [5, 5.41) is 6.52. The quantitative estimate of drug-likeness (QED) is 0.295. The smallest absolute Gasteiger partial charge is 0.253 e. The third-order valence-electron chi connectivity index (χ3n) is 8.59. The molecule has 3 amide bonds. The van der Waals surface area contributed by atoms with E-state index in [0.717, 1.165) is 53.6 Å². The molecule has 0 spiro atoms. The van der Waals surface area contributed by atoms with Gasteiger partial charge in [0.1, 0.15) is 5.67 Å². The number of carbonyl (C=O) groups excluding carboxylic acids is 3. The van der Waals surface area contributed by atoms with Gasteiger partial charge >= 0.3 is 0 Å². The highest BCUT2D eigenvalue weighted by molar-refractivity contribution is 5.95. The van der Waals surface area contributed by atoms with Gasteiger partial charge in [-0.3, -0.25) is 14.4 Å². The van der Waals surface area contributed by atoms with Crippen LogP contribution in [0, 0.1) is 13.8 Å². The lowest BCUT2D eigenvalue weighted by Gasteiger charge is -2.41. The molecule has 0 radical (unpaired) electrons. The van der Waals surface area contributed by atoms with E-state index in [1.807, 2.05) is 44.2 Å². The molecule has 5 rings (SSSR count). The number of rotatable bonds is 9. The molecule has 2 fully saturated rings. The van der Waals surface area contributed by atoms with Crippen LogP contribution in [-0.2, 0) is 9.59 Å². The third kappa shape index (κ3) is 6.78. The average Bonchev–Trinajstić information content (AvgIpc) is 3.36. The fourth-order valence-electron chi connectivity index (χ4n) is 6.20. The molecule has 8 nitrogen and oxygen atoms in total. The van der Waals surface area contributed by atoms with E-state index in [2.05, 4.69) is 38.4 Å². The summed E-state index contributed by atoms with van der Waals surface area (Å²) in [5.41, 5.74) is 3.36. The van der Waals surface area contributed by atoms with Crippen LogP contribution in [0.1, 0.15) is 59.6 Å². The van der Waals surface area contributed by atoms with E-state index in [4.69, 9.17) is 0 Å². The van der Waals surface area contributed by atoms with Gasteiger partial charge in [0.05, 0.1) is 0 Å². The lowest BCUT2D eigenvalue weighted by molar-refractivity contribution is -0.116. The molecule has 3 aromatic rings. The summed E-state index contributed by atoms with van der Waals surface area (Å²) in [5.74, 6) is -0.144. The Balaban J connectivity index is 1.14. The maximum atomic E-state index is 15.9. The summed E-state index contributed by atoms with van der Waals surface area (Å²) in [6.07, 6.45) is 5.56. The molecule has 2 aliphatic heterocycles. The molecule has 0 atom stereocenters. The first-order valence-corrected chi connectivity index (χ1v) is 14.6. The molecule has 2 saturated heterocycles. The Morgan fingerprint density at radius 3 is 2.51 bits per heavy atom. The normalized spacial score (nSPS) is 17.9. The number of fused-ring (bicyclic) bond motifs is 1. The standard InChI is InChI=1S/C32H40FN5O3/c1-23-4-3-5-26(18-23)31(41)37-16-10-32(33,11-17-37)21-36-13-8-27(9-14-36)38-15-7-25-20-28(24(2)19-29(25)38)35-30(40)6-12-34-22-39/h3-5,7,15,18-20,22,27H,6,8-14,16-17,21H2,1-2H3,(H,34,39)(H,35,40). The van der Waals surface area contributed by atoms with E-state index in [0.29, 0.717) is 57.0 Å². The van der Waals surface area contributed by atoms with Gasteiger partial charge in [-0.2, -0.15) is 0 Å². The van der Waals surface area contributed by atoms with Crippen LogP contribution in [0.5, 0.6) is 0 Å². The molecule has 1 aromatic heterocycles. The maximum absolute atomic E-state index is 15.9. The van der Waals surface area contributed by atoms with E-state index in [-0.39, 0.29) is 18.2 Å². The second-order valence-electron chi connectivity index (χ2n) is 11.6. The van der Waals surface area contributed by atoms with E-state index in [1.54, 1.807) is 4.90 Å². The minimum absolute atomic E-state index is 0.00727. The van der Waals surface area contributed by atoms with Gasteiger partial charge < -0.3 is 25.0 Å². The number of alkyl halides is 1. The molecule has 0 unspecified atom stereocenters. The van der Waals surface area contributed by atoms with Gasteiger partial charge in [-0.1, -0.05) is 17.7 Å². The van der Waals surface area contributed by atoms with Crippen molar-refractivity contribution >= 4 is 34.8 Å². The van der Waals surface area contributed by atoms with Crippen LogP contribution < -0.4 is 10.6 Å². The zero-order valence-corrected chi connectivity index (χ0v) is 24.0. The Morgan fingerprint density at radius 1 is 1.05 bits per heavy atom. The second kappa shape index (κ2) is 12.4. The number of likely N-dealkylation sites (tertiary alicyclic amines) is 2. The fourth-order valence-corrected chi connectivity index (χ4v) is 6.20. The summed E-state index contributed by atoms with van der Waals surface area (Å²) in [4.78, 5) is 39.6. The average molecular weight is 562 g/mol. The maximum Gasteiger partial charge on any atom is 0.253 e. The monoisotopic (exact) mass is 561 g/mol. The minimum atomic E-state index is -1.27. The van der Waals surface area contributed by atoms with Crippen molar-refractivity contribution in [3.8, 4) is 0 Å². The Labute approximate surface area is 240 Å². The second-order valence-corrected chi connectivity index (χ2v) is 11.6. The number of anilines is 1. The first-order chi connectivity index (χ1) is 19.7. The van der Waals surface area contributed by atoms with Crippen LogP contribution in [0.3, 0.4) is 0 Å². The molecule has 2 aliphatic rings. The summed E-state index contributed by atoms with van der Waals surface area (Å²) in [7, 11) is 0. The highest BCUT2D eigenvalue weighted by atomic mass is 19.1. The molecule has 2 aromatic carbocycles. The first-order valence-electron chi connectivity index (χ1n) is 14.6. The predicted molar refractivity (Wildman–Crippen MR) is 159 cm³/mol. The molecule has 2 N–H and O–H groups in total. The van der Waals surface area contributed by atoms with E-state index in [9.17, 15) is 14.4 Å². The zero-order chi connectivity index (χ0) is 29.0. The van der Waals surface area contributed by atoms with E-state index >= 15 is 4.39 Å². The Hall–Kier alpha value is -3.72. The molecule has 9 heteroatoms. The number of hydrogen-bond donors (Lipinski definition) is 2. The number of aryl methyl sites for hydroxylation is 2. The molecule has 3 heterocycles. The molecular weight excluding hydrogens is 521 g/mol. The number of piperidine rings is 2. The predicted octanol–water partition coefficient (Wildman–Crippen LogP) is 4.61. The number of amides is 3. The van der Waals surface area contributed by atoms with Gasteiger partial charge in [0.25, 0.3) is 5.91 Å². The van der Waals surface area contributed by atoms with Crippen molar-refractivity contribution in [3.63, 3.8) is 0 Å². The van der Waals surface area contributed by atoms with Crippen molar-refractivity contribution in [2.45, 2.75) is 57.7 Å². The largest absolute Gasteiger partial charge is 0.358 e. The summed E-state index contributed by atoms with van der Waals surface area (Å²) < 4.78 is 18.2. The lowest BCUT2D eigenvalue weighted by atomic mass is 9.91. The Morgan fingerprint density at radius 2 is 1.80 bits per heavy atom. The highest BCUT2D eigenvalue weighted by Crippen LogP contribution is 2.34. The lowest BCUT2D eigenvalue weighted by Crippen LogP contribution is -2.51. The van der Waals surface area contributed by atoms with Crippen molar-refractivity contribution in [1.82, 2.24) is 19.7 Å². The number of halogens is 1. The third-order valence-corrected chi connectivity index (χ3v) is 8.59. The van der Waals surface area contributed by atoms with Crippen molar-refractivity contribution in [3.05, 3.63) is 65.4 Å². The summed E-state index contributed by atoms with van der Waals surface area (Å²) in [6.45, 7) is 7.26. The van der Waals surface area contributed by atoms with Crippen molar-refractivity contribution in [2.75, 3.05) is 44.6 Å².